The van der Waals surface area contributed by atoms with Gasteiger partial charge in [0.1, 0.15) is 0 Å². The zero-order valence-corrected chi connectivity index (χ0v) is 11.3. The molecular weight excluding hydrogens is 268 g/mol. The maximum absolute atomic E-state index is 12.0. The molecule has 1 heterocycles. The van der Waals surface area contributed by atoms with Crippen LogP contribution < -0.4 is 10.5 Å². The van der Waals surface area contributed by atoms with Crippen molar-refractivity contribution in [3.05, 3.63) is 52.2 Å². The molecule has 0 radical (unpaired) electrons. The van der Waals surface area contributed by atoms with Crippen LogP contribution >= 0.6 is 11.3 Å². The zero-order chi connectivity index (χ0) is 13.0. The van der Waals surface area contributed by atoms with Crippen LogP contribution in [-0.2, 0) is 23.1 Å². The molecule has 1 aromatic heterocycles. The minimum atomic E-state index is -3.47. The molecule has 1 aromatic carbocycles. The smallest absolute Gasteiger partial charge is 0.240 e. The number of hydrogen-bond donors (Lipinski definition) is 2. The van der Waals surface area contributed by atoms with Gasteiger partial charge in [-0.2, -0.15) is 0 Å². The molecule has 0 unspecified atom stereocenters. The number of benzene rings is 1. The van der Waals surface area contributed by atoms with E-state index in [1.807, 2.05) is 17.5 Å². The number of sulfonamides is 1. The highest BCUT2D eigenvalue weighted by atomic mass is 32.2. The van der Waals surface area contributed by atoms with Gasteiger partial charge in [-0.3, -0.25) is 0 Å². The van der Waals surface area contributed by atoms with Crippen LogP contribution in [0.4, 0.5) is 0 Å². The Morgan fingerprint density at radius 1 is 1.22 bits per heavy atom. The van der Waals surface area contributed by atoms with E-state index in [9.17, 15) is 8.42 Å². The maximum Gasteiger partial charge on any atom is 0.240 e. The van der Waals surface area contributed by atoms with Crippen LogP contribution in [0.2, 0.25) is 0 Å². The number of nitrogens with two attached hydrogens (primary N) is 1. The highest BCUT2D eigenvalue weighted by Gasteiger charge is 2.13. The Bertz CT molecular complexity index is 607. The van der Waals surface area contributed by atoms with Gasteiger partial charge in [0.2, 0.25) is 10.0 Å². The molecule has 6 heteroatoms. The molecule has 0 aliphatic rings. The number of hydrogen-bond acceptors (Lipinski definition) is 4. The van der Waals surface area contributed by atoms with Crippen LogP contribution in [0, 0.1) is 0 Å². The second-order valence-electron chi connectivity index (χ2n) is 3.76. The highest BCUT2D eigenvalue weighted by molar-refractivity contribution is 7.89. The predicted octanol–water partition coefficient (Wildman–Crippen LogP) is 1.69. The minimum absolute atomic E-state index is 0.252. The molecule has 4 nitrogen and oxygen atoms in total. The lowest BCUT2D eigenvalue weighted by Crippen LogP contribution is -2.23. The first kappa shape index (κ1) is 13.2. The zero-order valence-electron chi connectivity index (χ0n) is 9.67. The summed E-state index contributed by atoms with van der Waals surface area (Å²) in [7, 11) is -3.47. The van der Waals surface area contributed by atoms with Crippen LogP contribution in [0.15, 0.2) is 46.7 Å². The average molecular weight is 282 g/mol. The van der Waals surface area contributed by atoms with Crippen molar-refractivity contribution in [3.8, 4) is 0 Å². The van der Waals surface area contributed by atoms with Crippen molar-refractivity contribution in [1.29, 1.82) is 0 Å². The molecule has 3 N–H and O–H groups in total. The maximum atomic E-state index is 12.0. The van der Waals surface area contributed by atoms with Crippen molar-refractivity contribution in [2.45, 2.75) is 18.0 Å². The van der Waals surface area contributed by atoms with Crippen LogP contribution in [0.25, 0.3) is 0 Å². The van der Waals surface area contributed by atoms with E-state index in [0.717, 1.165) is 10.4 Å². The Morgan fingerprint density at radius 3 is 2.72 bits per heavy atom. The van der Waals surface area contributed by atoms with Gasteiger partial charge in [-0.15, -0.1) is 11.3 Å². The fraction of sp³-hybridized carbons (Fsp3) is 0.167. The summed E-state index contributed by atoms with van der Waals surface area (Å²) in [6.07, 6.45) is 0. The van der Waals surface area contributed by atoms with E-state index in [0.29, 0.717) is 13.1 Å². The Hall–Kier alpha value is -1.21. The lowest BCUT2D eigenvalue weighted by Gasteiger charge is -2.06. The first-order valence-corrected chi connectivity index (χ1v) is 7.79. The van der Waals surface area contributed by atoms with E-state index in [4.69, 9.17) is 5.73 Å². The third-order valence-electron chi connectivity index (χ3n) is 2.46. The largest absolute Gasteiger partial charge is 0.326 e. The van der Waals surface area contributed by atoms with Crippen molar-refractivity contribution in [2.24, 2.45) is 5.73 Å². The lowest BCUT2D eigenvalue weighted by molar-refractivity contribution is 0.581. The molecule has 0 bridgehead atoms. The van der Waals surface area contributed by atoms with Gasteiger partial charge in [0, 0.05) is 18.0 Å². The molecule has 2 rings (SSSR count). The molecule has 0 aliphatic heterocycles. The molecule has 0 saturated carbocycles. The van der Waals surface area contributed by atoms with Gasteiger partial charge in [0.25, 0.3) is 0 Å². The second kappa shape index (κ2) is 5.62. The van der Waals surface area contributed by atoms with Gasteiger partial charge in [0.15, 0.2) is 0 Å². The lowest BCUT2D eigenvalue weighted by atomic mass is 10.2. The van der Waals surface area contributed by atoms with E-state index in [-0.39, 0.29) is 4.90 Å². The normalized spacial score (nSPS) is 11.6. The summed E-state index contributed by atoms with van der Waals surface area (Å²) in [4.78, 5) is 1.23. The van der Waals surface area contributed by atoms with Gasteiger partial charge < -0.3 is 5.73 Å². The van der Waals surface area contributed by atoms with Crippen molar-refractivity contribution >= 4 is 21.4 Å². The first-order chi connectivity index (χ1) is 8.62. The van der Waals surface area contributed by atoms with E-state index in [1.165, 1.54) is 11.3 Å². The molecule has 0 fully saturated rings. The summed E-state index contributed by atoms with van der Waals surface area (Å²) >= 11 is 1.52. The summed E-state index contributed by atoms with van der Waals surface area (Å²) in [5.74, 6) is 0. The Morgan fingerprint density at radius 2 is 2.06 bits per heavy atom. The average Bonchev–Trinajstić information content (AvgIpc) is 2.90. The van der Waals surface area contributed by atoms with E-state index >= 15 is 0 Å². The van der Waals surface area contributed by atoms with Gasteiger partial charge in [0.05, 0.1) is 4.90 Å². The predicted molar refractivity (Wildman–Crippen MR) is 72.7 cm³/mol. The highest BCUT2D eigenvalue weighted by Crippen LogP contribution is 2.13. The molecule has 96 valence electrons. The van der Waals surface area contributed by atoms with Crippen molar-refractivity contribution in [2.75, 3.05) is 0 Å². The van der Waals surface area contributed by atoms with Gasteiger partial charge in [-0.25, -0.2) is 13.1 Å². The van der Waals surface area contributed by atoms with Crippen molar-refractivity contribution in [1.82, 2.24) is 4.72 Å². The molecule has 0 atom stereocenters. The molecule has 0 saturated heterocycles. The van der Waals surface area contributed by atoms with Crippen LogP contribution in [-0.4, -0.2) is 8.42 Å². The van der Waals surface area contributed by atoms with E-state index in [1.54, 1.807) is 24.3 Å². The molecule has 18 heavy (non-hydrogen) atoms. The summed E-state index contributed by atoms with van der Waals surface area (Å²) in [6, 6.07) is 10.4. The van der Waals surface area contributed by atoms with E-state index < -0.39 is 10.0 Å². The Kier molecular flexibility index (Phi) is 4.13. The summed E-state index contributed by atoms with van der Waals surface area (Å²) < 4.78 is 26.7. The van der Waals surface area contributed by atoms with E-state index in [2.05, 4.69) is 4.72 Å². The van der Waals surface area contributed by atoms with Crippen molar-refractivity contribution in [3.63, 3.8) is 0 Å². The number of thiophene rings is 1. The molecule has 0 amide bonds. The van der Waals surface area contributed by atoms with Crippen LogP contribution in [0.1, 0.15) is 10.4 Å². The monoisotopic (exact) mass is 282 g/mol. The molecule has 0 spiro atoms. The topological polar surface area (TPSA) is 72.2 Å². The van der Waals surface area contributed by atoms with Gasteiger partial charge in [-0.1, -0.05) is 18.2 Å². The fourth-order valence-electron chi connectivity index (χ4n) is 1.50. The Labute approximate surface area is 111 Å². The molecular formula is C12H14N2O2S2. The third kappa shape index (κ3) is 3.17. The van der Waals surface area contributed by atoms with Crippen LogP contribution in [0.5, 0.6) is 0 Å². The van der Waals surface area contributed by atoms with Gasteiger partial charge in [-0.05, 0) is 29.1 Å². The number of rotatable bonds is 5. The summed E-state index contributed by atoms with van der Waals surface area (Å²) in [5, 5.41) is 1.92. The quantitative estimate of drug-likeness (QED) is 0.876. The van der Waals surface area contributed by atoms with Crippen molar-refractivity contribution < 1.29 is 8.42 Å². The minimum Gasteiger partial charge on any atom is -0.326 e. The summed E-state index contributed by atoms with van der Waals surface area (Å²) in [6.45, 7) is 0.640. The first-order valence-electron chi connectivity index (χ1n) is 5.43. The molecule has 2 aromatic rings. The van der Waals surface area contributed by atoms with Crippen LogP contribution in [0.3, 0.4) is 0 Å². The fourth-order valence-corrected chi connectivity index (χ4v) is 3.31. The Balaban J connectivity index is 2.14. The standard InChI is InChI=1S/C12H14N2O2S2/c13-8-10-3-1-5-12(7-10)18(15,16)14-9-11-4-2-6-17-11/h1-7,14H,8-9,13H2. The second-order valence-corrected chi connectivity index (χ2v) is 6.55. The molecule has 0 aliphatic carbocycles. The van der Waals surface area contributed by atoms with Gasteiger partial charge >= 0.3 is 0 Å². The summed E-state index contributed by atoms with van der Waals surface area (Å²) in [5.41, 5.74) is 6.30. The SMILES string of the molecule is NCc1cccc(S(=O)(=O)NCc2cccs2)c1. The third-order valence-corrected chi connectivity index (χ3v) is 4.74. The number of nitrogens with one attached hydrogen (secondary N) is 1.